The van der Waals surface area contributed by atoms with Gasteiger partial charge in [-0.25, -0.2) is 4.79 Å². The highest BCUT2D eigenvalue weighted by atomic mass is 32.1. The minimum atomic E-state index is -5.08. The van der Waals surface area contributed by atoms with Gasteiger partial charge in [-0.2, -0.15) is 13.2 Å². The summed E-state index contributed by atoms with van der Waals surface area (Å²) in [5.41, 5.74) is 1.53. The fraction of sp³-hybridized carbons (Fsp3) is 0.561. The number of ether oxygens (including phenoxy) is 1. The van der Waals surface area contributed by atoms with Crippen LogP contribution >= 0.6 is 11.3 Å². The van der Waals surface area contributed by atoms with E-state index in [-0.39, 0.29) is 17.9 Å². The van der Waals surface area contributed by atoms with Crippen molar-refractivity contribution in [3.8, 4) is 0 Å². The predicted molar refractivity (Wildman–Crippen MR) is 210 cm³/mol. The lowest BCUT2D eigenvalue weighted by Crippen LogP contribution is -2.59. The van der Waals surface area contributed by atoms with Crippen molar-refractivity contribution in [3.05, 3.63) is 70.6 Å². The average Bonchev–Trinajstić information content (AvgIpc) is 3.83. The summed E-state index contributed by atoms with van der Waals surface area (Å²) in [5, 5.41) is 14.9. The molecular formula is C41H54F3N5O5S. The second kappa shape index (κ2) is 19.7. The van der Waals surface area contributed by atoms with E-state index < -0.39 is 17.7 Å². The Morgan fingerprint density at radius 3 is 2.33 bits per heavy atom. The Bertz CT molecular complexity index is 1750. The molecular weight excluding hydrogens is 732 g/mol. The molecule has 1 aromatic heterocycles. The lowest BCUT2D eigenvalue weighted by atomic mass is 9.94. The highest BCUT2D eigenvalue weighted by Gasteiger charge is 2.43. The normalized spacial score (nSPS) is 18.7. The van der Waals surface area contributed by atoms with Gasteiger partial charge < -0.3 is 25.4 Å². The summed E-state index contributed by atoms with van der Waals surface area (Å²) < 4.78 is 38.5. The van der Waals surface area contributed by atoms with Crippen LogP contribution in [0.3, 0.4) is 0 Å². The van der Waals surface area contributed by atoms with E-state index in [1.807, 2.05) is 12.1 Å². The molecule has 2 aliphatic heterocycles. The van der Waals surface area contributed by atoms with Crippen LogP contribution in [0.5, 0.6) is 0 Å². The Balaban J connectivity index is 0.000000757. The van der Waals surface area contributed by atoms with Gasteiger partial charge in [-0.05, 0) is 94.0 Å². The number of alkyl halides is 3. The van der Waals surface area contributed by atoms with Crippen molar-refractivity contribution in [1.29, 1.82) is 0 Å². The Kier molecular flexibility index (Phi) is 15.1. The van der Waals surface area contributed by atoms with Crippen molar-refractivity contribution in [1.82, 2.24) is 20.4 Å². The highest BCUT2D eigenvalue weighted by Crippen LogP contribution is 2.33. The minimum absolute atomic E-state index is 0.000298. The second-order valence-electron chi connectivity index (χ2n) is 14.7. The van der Waals surface area contributed by atoms with Gasteiger partial charge in [0.1, 0.15) is 11.4 Å². The zero-order valence-corrected chi connectivity index (χ0v) is 32.7. The fourth-order valence-corrected chi connectivity index (χ4v) is 8.79. The van der Waals surface area contributed by atoms with Gasteiger partial charge in [0.25, 0.3) is 5.91 Å². The number of benzene rings is 2. The van der Waals surface area contributed by atoms with Crippen LogP contribution in [0.1, 0.15) is 79.1 Å². The highest BCUT2D eigenvalue weighted by molar-refractivity contribution is 7.20. The van der Waals surface area contributed by atoms with E-state index in [0.29, 0.717) is 23.6 Å². The topological polar surface area (TPSA) is 124 Å². The second-order valence-corrected chi connectivity index (χ2v) is 15.8. The van der Waals surface area contributed by atoms with Crippen LogP contribution in [0.4, 0.5) is 13.2 Å². The number of amidine groups is 1. The van der Waals surface area contributed by atoms with Gasteiger partial charge in [-0.15, -0.1) is 11.3 Å². The van der Waals surface area contributed by atoms with E-state index in [0.717, 1.165) is 108 Å². The molecule has 1 saturated carbocycles. The maximum Gasteiger partial charge on any atom is 0.490 e. The van der Waals surface area contributed by atoms with Gasteiger partial charge in [-0.3, -0.25) is 19.5 Å². The van der Waals surface area contributed by atoms with Crippen molar-refractivity contribution < 1.29 is 37.4 Å². The minimum Gasteiger partial charge on any atom is -0.475 e. The van der Waals surface area contributed by atoms with E-state index in [9.17, 15) is 22.8 Å². The number of rotatable bonds is 12. The smallest absolute Gasteiger partial charge is 0.475 e. The molecule has 14 heteroatoms. The summed E-state index contributed by atoms with van der Waals surface area (Å²) in [7, 11) is 0. The maximum atomic E-state index is 14.1. The number of hydrogen-bond acceptors (Lipinski definition) is 7. The molecule has 10 nitrogen and oxygen atoms in total. The number of aryl methyl sites for hydroxylation is 1. The summed E-state index contributed by atoms with van der Waals surface area (Å²) in [4.78, 5) is 47.3. The van der Waals surface area contributed by atoms with Crippen LogP contribution in [0.2, 0.25) is 0 Å². The molecule has 2 aromatic carbocycles. The third kappa shape index (κ3) is 12.0. The molecule has 0 bridgehead atoms. The fourth-order valence-electron chi connectivity index (χ4n) is 7.73. The summed E-state index contributed by atoms with van der Waals surface area (Å²) in [6, 6.07) is 18.7. The number of carbonyl (C=O) groups excluding carboxylic acids is 2. The SMILES string of the molecule is CCN=C(C1CCOCC1)N1CCN(CCC[C@@H](Cc2ccccc2)NC(=O)C2(NC(=O)c3cc4ccc(C)cc4s3)CCCC2)CC1.O=C(O)C(F)(F)F. The molecule has 300 valence electrons. The molecule has 2 saturated heterocycles. The zero-order valence-electron chi connectivity index (χ0n) is 31.8. The Morgan fingerprint density at radius 1 is 1.02 bits per heavy atom. The van der Waals surface area contributed by atoms with Crippen LogP contribution in [-0.2, 0) is 20.7 Å². The molecule has 3 aliphatic rings. The first-order valence-corrected chi connectivity index (χ1v) is 20.3. The van der Waals surface area contributed by atoms with Crippen LogP contribution in [0.25, 0.3) is 10.1 Å². The van der Waals surface area contributed by atoms with Crippen molar-refractivity contribution in [3.63, 3.8) is 0 Å². The monoisotopic (exact) mass is 785 g/mol. The summed E-state index contributed by atoms with van der Waals surface area (Å²) in [5.74, 6) is -1.12. The van der Waals surface area contributed by atoms with Crippen LogP contribution < -0.4 is 10.6 Å². The molecule has 0 spiro atoms. The van der Waals surface area contributed by atoms with E-state index in [1.54, 1.807) is 0 Å². The van der Waals surface area contributed by atoms with Gasteiger partial charge in [0.15, 0.2) is 0 Å². The van der Waals surface area contributed by atoms with Gasteiger partial charge >= 0.3 is 12.1 Å². The summed E-state index contributed by atoms with van der Waals surface area (Å²) in [6.45, 7) is 11.8. The Labute approximate surface area is 325 Å². The summed E-state index contributed by atoms with van der Waals surface area (Å²) >= 11 is 1.50. The molecule has 3 aromatic rings. The van der Waals surface area contributed by atoms with Crippen LogP contribution in [0, 0.1) is 12.8 Å². The number of thiophene rings is 1. The number of carbonyl (C=O) groups is 3. The molecule has 0 unspecified atom stereocenters. The molecule has 1 aliphatic carbocycles. The van der Waals surface area contributed by atoms with Crippen molar-refractivity contribution >= 4 is 45.0 Å². The molecule has 55 heavy (non-hydrogen) atoms. The first kappa shape index (κ1) is 42.1. The first-order valence-electron chi connectivity index (χ1n) is 19.4. The number of piperazine rings is 1. The molecule has 3 fully saturated rings. The average molecular weight is 786 g/mol. The molecule has 3 N–H and O–H groups in total. The van der Waals surface area contributed by atoms with E-state index in [4.69, 9.17) is 19.6 Å². The molecule has 0 radical (unpaired) electrons. The molecule has 2 amide bonds. The number of amides is 2. The third-order valence-corrected chi connectivity index (χ3v) is 11.8. The number of hydrogen-bond donors (Lipinski definition) is 3. The molecule has 1 atom stereocenters. The number of carboxylic acid groups (broad SMARTS) is 1. The van der Waals surface area contributed by atoms with E-state index in [1.165, 1.54) is 28.3 Å². The van der Waals surface area contributed by atoms with E-state index in [2.05, 4.69) is 76.7 Å². The van der Waals surface area contributed by atoms with Gasteiger partial charge in [-0.1, -0.05) is 55.3 Å². The zero-order chi connectivity index (χ0) is 39.4. The predicted octanol–water partition coefficient (Wildman–Crippen LogP) is 6.86. The number of carboxylic acids is 1. The number of nitrogens with one attached hydrogen (secondary N) is 2. The number of nitrogens with zero attached hydrogens (tertiary/aromatic N) is 3. The molecule has 6 rings (SSSR count). The number of fused-ring (bicyclic) bond motifs is 1. The Morgan fingerprint density at radius 2 is 1.69 bits per heavy atom. The van der Waals surface area contributed by atoms with Crippen molar-refractivity contribution in [2.45, 2.75) is 89.4 Å². The summed E-state index contributed by atoms with van der Waals surface area (Å²) in [6.07, 6.45) is 2.97. The Hall–Kier alpha value is -4.01. The third-order valence-electron chi connectivity index (χ3n) is 10.7. The maximum absolute atomic E-state index is 14.1. The quantitative estimate of drug-likeness (QED) is 0.136. The van der Waals surface area contributed by atoms with E-state index >= 15 is 0 Å². The number of aliphatic imine (C=N–C) groups is 1. The lowest BCUT2D eigenvalue weighted by molar-refractivity contribution is -0.192. The first-order chi connectivity index (χ1) is 26.4. The van der Waals surface area contributed by atoms with Gasteiger partial charge in [0.2, 0.25) is 5.91 Å². The van der Waals surface area contributed by atoms with Crippen molar-refractivity contribution in [2.75, 3.05) is 52.5 Å². The van der Waals surface area contributed by atoms with Gasteiger partial charge in [0, 0.05) is 62.6 Å². The van der Waals surface area contributed by atoms with Crippen LogP contribution in [0.15, 0.2) is 59.6 Å². The molecule has 3 heterocycles. The standard InChI is InChI=1S/C39H53N5O3S.C2HF3O2/c1-3-40-36(31-15-24-47-25-16-31)44-22-20-43(21-23-44)19-9-12-33(27-30-10-5-4-6-11-30)41-38(46)39(17-7-8-18-39)42-37(45)35-28-32-14-13-29(2)26-34(32)48-35;3-2(4,5)1(6)7/h4-6,10-11,13-14,26,28,31,33H,3,7-9,12,15-25,27H2,1-2H3,(H,41,46)(H,42,45);(H,6,7)/t33-;/m0./s1. The number of aliphatic carboxylic acids is 1. The van der Waals surface area contributed by atoms with Crippen LogP contribution in [-0.4, -0.2) is 109 Å². The largest absolute Gasteiger partial charge is 0.490 e. The van der Waals surface area contributed by atoms with Crippen molar-refractivity contribution in [2.24, 2.45) is 10.9 Å². The van der Waals surface area contributed by atoms with Gasteiger partial charge in [0.05, 0.1) is 4.88 Å². The number of halogens is 3. The lowest BCUT2D eigenvalue weighted by Gasteiger charge is -2.39.